The van der Waals surface area contributed by atoms with Crippen molar-refractivity contribution in [3.05, 3.63) is 42.3 Å². The molecule has 14 heavy (non-hydrogen) atoms. The van der Waals surface area contributed by atoms with E-state index in [1.54, 1.807) is 7.11 Å². The lowest BCUT2D eigenvalue weighted by Gasteiger charge is -2.04. The van der Waals surface area contributed by atoms with Gasteiger partial charge in [-0.25, -0.2) is 0 Å². The summed E-state index contributed by atoms with van der Waals surface area (Å²) in [7, 11) is 1.67. The monoisotopic (exact) mass is 189 g/mol. The quantitative estimate of drug-likeness (QED) is 0.710. The van der Waals surface area contributed by atoms with Crippen LogP contribution in [0.25, 0.3) is 5.57 Å². The third kappa shape index (κ3) is 1.66. The summed E-state index contributed by atoms with van der Waals surface area (Å²) in [4.78, 5) is 0. The minimum absolute atomic E-state index is 0.654. The van der Waals surface area contributed by atoms with E-state index in [1.165, 1.54) is 11.1 Å². The molecule has 1 radical (unpaired) electrons. The van der Waals surface area contributed by atoms with Crippen LogP contribution in [0.15, 0.2) is 29.8 Å². The van der Waals surface area contributed by atoms with E-state index in [0.717, 1.165) is 11.3 Å². The lowest BCUT2D eigenvalue weighted by atomic mass is 10.0. The molecule has 0 aromatic heterocycles. The summed E-state index contributed by atoms with van der Waals surface area (Å²) in [5.41, 5.74) is 3.45. The predicted octanol–water partition coefficient (Wildman–Crippen LogP) is 2.31. The molecule has 0 aliphatic carbocycles. The first kappa shape index (κ1) is 9.28. The zero-order valence-corrected chi connectivity index (χ0v) is 8.25. The van der Waals surface area contributed by atoms with Crippen LogP contribution in [0.3, 0.4) is 0 Å². The molecule has 1 heterocycles. The van der Waals surface area contributed by atoms with E-state index in [1.807, 2.05) is 24.3 Å². The first-order valence-electron chi connectivity index (χ1n) is 4.57. The van der Waals surface area contributed by atoms with Crippen LogP contribution in [0, 0.1) is 6.92 Å². The van der Waals surface area contributed by atoms with Gasteiger partial charge in [-0.1, -0.05) is 12.1 Å². The van der Waals surface area contributed by atoms with Crippen LogP contribution < -0.4 is 4.74 Å². The lowest BCUT2D eigenvalue weighted by molar-refractivity contribution is 0.212. The summed E-state index contributed by atoms with van der Waals surface area (Å²) in [6, 6.07) is 7.98. The summed E-state index contributed by atoms with van der Waals surface area (Å²) < 4.78 is 10.4. The fourth-order valence-corrected chi connectivity index (χ4v) is 1.55. The maximum atomic E-state index is 5.31. The molecule has 1 aliphatic rings. The molecular weight excluding hydrogens is 176 g/mol. The highest BCUT2D eigenvalue weighted by molar-refractivity contribution is 5.72. The second-order valence-electron chi connectivity index (χ2n) is 3.30. The van der Waals surface area contributed by atoms with Crippen LogP contribution >= 0.6 is 0 Å². The minimum Gasteiger partial charge on any atom is -0.497 e. The first-order valence-corrected chi connectivity index (χ1v) is 4.57. The van der Waals surface area contributed by atoms with Crippen LogP contribution in [0.1, 0.15) is 5.56 Å². The molecule has 2 rings (SSSR count). The van der Waals surface area contributed by atoms with Crippen LogP contribution in [0.2, 0.25) is 0 Å². The SMILES string of the molecule is [CH2]C1=C(c2ccc(OC)cc2)COC1. The van der Waals surface area contributed by atoms with Gasteiger partial charge in [-0.05, 0) is 35.8 Å². The summed E-state index contributed by atoms with van der Waals surface area (Å²) >= 11 is 0. The molecule has 2 heteroatoms. The summed E-state index contributed by atoms with van der Waals surface area (Å²) in [5, 5.41) is 0. The second kappa shape index (κ2) is 3.84. The molecule has 1 aliphatic heterocycles. The van der Waals surface area contributed by atoms with Gasteiger partial charge in [0.2, 0.25) is 0 Å². The Morgan fingerprint density at radius 3 is 2.43 bits per heavy atom. The maximum absolute atomic E-state index is 5.31. The molecule has 0 amide bonds. The normalized spacial score (nSPS) is 16.1. The van der Waals surface area contributed by atoms with Gasteiger partial charge in [-0.2, -0.15) is 0 Å². The van der Waals surface area contributed by atoms with Crippen molar-refractivity contribution in [2.24, 2.45) is 0 Å². The minimum atomic E-state index is 0.654. The highest BCUT2D eigenvalue weighted by atomic mass is 16.5. The van der Waals surface area contributed by atoms with E-state index in [9.17, 15) is 0 Å². The fraction of sp³-hybridized carbons (Fsp3) is 0.250. The molecule has 1 aromatic carbocycles. The van der Waals surface area contributed by atoms with Gasteiger partial charge in [0.25, 0.3) is 0 Å². The van der Waals surface area contributed by atoms with Crippen molar-refractivity contribution in [2.75, 3.05) is 20.3 Å². The topological polar surface area (TPSA) is 18.5 Å². The Morgan fingerprint density at radius 2 is 1.93 bits per heavy atom. The molecule has 1 aromatic rings. The first-order chi connectivity index (χ1) is 6.81. The Bertz CT molecular complexity index is 349. The van der Waals surface area contributed by atoms with Crippen molar-refractivity contribution < 1.29 is 9.47 Å². The predicted molar refractivity (Wildman–Crippen MR) is 56.1 cm³/mol. The van der Waals surface area contributed by atoms with Crippen LogP contribution in [-0.2, 0) is 4.74 Å². The Labute approximate surface area is 84.2 Å². The van der Waals surface area contributed by atoms with E-state index in [4.69, 9.17) is 9.47 Å². The van der Waals surface area contributed by atoms with Crippen molar-refractivity contribution in [1.29, 1.82) is 0 Å². The van der Waals surface area contributed by atoms with Crippen LogP contribution in [0.5, 0.6) is 5.75 Å². The van der Waals surface area contributed by atoms with Gasteiger partial charge < -0.3 is 9.47 Å². The molecular formula is C12H13O2. The number of hydrogen-bond donors (Lipinski definition) is 0. The van der Waals surface area contributed by atoms with Crippen molar-refractivity contribution in [2.45, 2.75) is 0 Å². The number of methoxy groups -OCH3 is 1. The van der Waals surface area contributed by atoms with Gasteiger partial charge >= 0.3 is 0 Å². The van der Waals surface area contributed by atoms with Crippen LogP contribution in [-0.4, -0.2) is 20.3 Å². The highest BCUT2D eigenvalue weighted by Crippen LogP contribution is 2.25. The van der Waals surface area contributed by atoms with E-state index < -0.39 is 0 Å². The van der Waals surface area contributed by atoms with Gasteiger partial charge in [0, 0.05) is 0 Å². The maximum Gasteiger partial charge on any atom is 0.118 e. The molecule has 2 nitrogen and oxygen atoms in total. The second-order valence-corrected chi connectivity index (χ2v) is 3.30. The molecule has 0 spiro atoms. The van der Waals surface area contributed by atoms with Crippen molar-refractivity contribution in [1.82, 2.24) is 0 Å². The van der Waals surface area contributed by atoms with Gasteiger partial charge in [0.05, 0.1) is 20.3 Å². The number of hydrogen-bond acceptors (Lipinski definition) is 2. The Balaban J connectivity index is 2.29. The summed E-state index contributed by atoms with van der Waals surface area (Å²) in [5.74, 6) is 0.874. The van der Waals surface area contributed by atoms with Gasteiger partial charge in [-0.3, -0.25) is 0 Å². The molecule has 0 N–H and O–H groups in total. The summed E-state index contributed by atoms with van der Waals surface area (Å²) in [6.45, 7) is 5.29. The van der Waals surface area contributed by atoms with Crippen molar-refractivity contribution in [3.8, 4) is 5.75 Å². The number of ether oxygens (including phenoxy) is 2. The van der Waals surface area contributed by atoms with Gasteiger partial charge in [0.15, 0.2) is 0 Å². The highest BCUT2D eigenvalue weighted by Gasteiger charge is 2.12. The summed E-state index contributed by atoms with van der Waals surface area (Å²) in [6.07, 6.45) is 0. The zero-order valence-electron chi connectivity index (χ0n) is 8.25. The molecule has 0 fully saturated rings. The van der Waals surface area contributed by atoms with E-state index >= 15 is 0 Å². The standard InChI is InChI=1S/C12H13O2/c1-9-7-14-8-12(9)10-3-5-11(13-2)6-4-10/h3-6H,1,7-8H2,2H3. The molecule has 0 saturated carbocycles. The van der Waals surface area contributed by atoms with E-state index in [0.29, 0.717) is 13.2 Å². The zero-order chi connectivity index (χ0) is 9.97. The van der Waals surface area contributed by atoms with E-state index in [2.05, 4.69) is 6.92 Å². The van der Waals surface area contributed by atoms with Crippen LogP contribution in [0.4, 0.5) is 0 Å². The smallest absolute Gasteiger partial charge is 0.118 e. The Morgan fingerprint density at radius 1 is 1.21 bits per heavy atom. The Hall–Kier alpha value is -1.28. The number of benzene rings is 1. The van der Waals surface area contributed by atoms with Gasteiger partial charge in [0.1, 0.15) is 5.75 Å². The van der Waals surface area contributed by atoms with Crippen molar-refractivity contribution in [3.63, 3.8) is 0 Å². The Kier molecular flexibility index (Phi) is 2.55. The molecule has 0 saturated heterocycles. The molecule has 0 atom stereocenters. The molecule has 0 unspecified atom stereocenters. The average molecular weight is 189 g/mol. The van der Waals surface area contributed by atoms with Crippen molar-refractivity contribution >= 4 is 5.57 Å². The van der Waals surface area contributed by atoms with E-state index in [-0.39, 0.29) is 0 Å². The lowest BCUT2D eigenvalue weighted by Crippen LogP contribution is -1.89. The molecule has 0 bridgehead atoms. The average Bonchev–Trinajstić information content (AvgIpc) is 2.65. The molecule has 73 valence electrons. The largest absolute Gasteiger partial charge is 0.497 e. The fourth-order valence-electron chi connectivity index (χ4n) is 1.55. The number of rotatable bonds is 2. The third-order valence-electron chi connectivity index (χ3n) is 2.39. The van der Waals surface area contributed by atoms with Gasteiger partial charge in [-0.15, -0.1) is 0 Å². The third-order valence-corrected chi connectivity index (χ3v) is 2.39.